The van der Waals surface area contributed by atoms with E-state index in [0.717, 1.165) is 0 Å². The maximum atomic E-state index is 11.0. The van der Waals surface area contributed by atoms with E-state index in [2.05, 4.69) is 8.83 Å². The molecule has 0 bridgehead atoms. The second-order valence-electron chi connectivity index (χ2n) is 2.98. The van der Waals surface area contributed by atoms with Crippen LogP contribution in [0.25, 0.3) is 0 Å². The first-order valence-electron chi connectivity index (χ1n) is 4.22. The molecule has 0 radical (unpaired) electrons. The number of aliphatic hydroxyl groups excluding tert-OH is 3. The Labute approximate surface area is 100 Å². The molecule has 0 aromatic heterocycles. The molecule has 0 aromatic carbocycles. The van der Waals surface area contributed by atoms with Crippen LogP contribution < -0.4 is 0 Å². The lowest BCUT2D eigenvalue weighted by molar-refractivity contribution is -0.137. The number of hydrogen-bond acceptors (Lipinski definition) is 8. The molecule has 0 aromatic rings. The monoisotopic (exact) mass is 310 g/mol. The Morgan fingerprint density at radius 1 is 1.17 bits per heavy atom. The number of ketones is 1. The van der Waals surface area contributed by atoms with Gasteiger partial charge in [0.2, 0.25) is 0 Å². The van der Waals surface area contributed by atoms with Crippen LogP contribution in [0.3, 0.4) is 0 Å². The van der Waals surface area contributed by atoms with Gasteiger partial charge in [-0.05, 0) is 0 Å². The lowest BCUT2D eigenvalue weighted by Gasteiger charge is -2.16. The molecule has 0 aliphatic carbocycles. The minimum atomic E-state index is -5.30. The molecule has 0 aliphatic rings. The Balaban J connectivity index is 4.37. The molecule has 108 valence electrons. The Bertz CT molecular complexity index is 374. The van der Waals surface area contributed by atoms with Gasteiger partial charge < -0.3 is 30.0 Å². The van der Waals surface area contributed by atoms with E-state index in [0.29, 0.717) is 0 Å². The third-order valence-corrected chi connectivity index (χ3v) is 3.59. The zero-order chi connectivity index (χ0) is 14.6. The molecular weight excluding hydrogens is 298 g/mol. The molecule has 0 heterocycles. The molecule has 0 saturated heterocycles. The van der Waals surface area contributed by atoms with Crippen molar-refractivity contribution in [2.24, 2.45) is 0 Å². The Hall–Kier alpha value is -0.190. The summed E-state index contributed by atoms with van der Waals surface area (Å²) in [6.07, 6.45) is -3.90. The van der Waals surface area contributed by atoms with Crippen LogP contribution in [0.4, 0.5) is 0 Å². The molecule has 18 heavy (non-hydrogen) atoms. The molecule has 0 amide bonds. The SMILES string of the molecule is O=C(COP(=O)(O)OP(=O)(O)O)C(O)C(O)CO. The van der Waals surface area contributed by atoms with Crippen molar-refractivity contribution < 1.29 is 52.8 Å². The summed E-state index contributed by atoms with van der Waals surface area (Å²) in [7, 11) is -10.5. The summed E-state index contributed by atoms with van der Waals surface area (Å²) >= 11 is 0. The minimum absolute atomic E-state index is 0.942. The van der Waals surface area contributed by atoms with Crippen molar-refractivity contribution >= 4 is 21.4 Å². The largest absolute Gasteiger partial charge is 0.481 e. The first kappa shape index (κ1) is 17.8. The van der Waals surface area contributed by atoms with Gasteiger partial charge in [0.05, 0.1) is 6.61 Å². The molecule has 0 aliphatic heterocycles. The smallest absolute Gasteiger partial charge is 0.394 e. The molecular formula is C5H12O11P2. The van der Waals surface area contributed by atoms with Gasteiger partial charge in [0.1, 0.15) is 18.8 Å². The first-order valence-corrected chi connectivity index (χ1v) is 7.25. The summed E-state index contributed by atoms with van der Waals surface area (Å²) in [6.45, 7) is -2.20. The van der Waals surface area contributed by atoms with Gasteiger partial charge in [-0.25, -0.2) is 9.13 Å². The predicted molar refractivity (Wildman–Crippen MR) is 53.0 cm³/mol. The van der Waals surface area contributed by atoms with Gasteiger partial charge in [-0.2, -0.15) is 4.31 Å². The molecule has 3 atom stereocenters. The van der Waals surface area contributed by atoms with Gasteiger partial charge in [-0.1, -0.05) is 0 Å². The van der Waals surface area contributed by atoms with Crippen molar-refractivity contribution in [2.75, 3.05) is 13.2 Å². The molecule has 3 unspecified atom stereocenters. The van der Waals surface area contributed by atoms with Gasteiger partial charge in [-0.15, -0.1) is 0 Å². The summed E-state index contributed by atoms with van der Waals surface area (Å²) in [4.78, 5) is 36.2. The van der Waals surface area contributed by atoms with E-state index in [1.54, 1.807) is 0 Å². The fourth-order valence-corrected chi connectivity index (χ4v) is 2.26. The van der Waals surface area contributed by atoms with Gasteiger partial charge in [0, 0.05) is 0 Å². The molecule has 11 nitrogen and oxygen atoms in total. The maximum absolute atomic E-state index is 11.0. The van der Waals surface area contributed by atoms with Crippen molar-refractivity contribution in [2.45, 2.75) is 12.2 Å². The minimum Gasteiger partial charge on any atom is -0.394 e. The molecule has 0 saturated carbocycles. The van der Waals surface area contributed by atoms with Gasteiger partial charge in [0.15, 0.2) is 5.78 Å². The number of rotatable bonds is 8. The van der Waals surface area contributed by atoms with Crippen LogP contribution in [-0.4, -0.2) is 61.2 Å². The van der Waals surface area contributed by atoms with Crippen LogP contribution in [0.1, 0.15) is 0 Å². The quantitative estimate of drug-likeness (QED) is 0.259. The molecule has 0 fully saturated rings. The summed E-state index contributed by atoms with van der Waals surface area (Å²) in [5.74, 6) is -1.29. The predicted octanol–water partition coefficient (Wildman–Crippen LogP) is -2.50. The number of phosphoric acid groups is 2. The van der Waals surface area contributed by atoms with Gasteiger partial charge in [-0.3, -0.25) is 9.32 Å². The van der Waals surface area contributed by atoms with E-state index in [-0.39, 0.29) is 0 Å². The van der Waals surface area contributed by atoms with Crippen molar-refractivity contribution in [3.8, 4) is 0 Å². The van der Waals surface area contributed by atoms with E-state index in [9.17, 15) is 13.9 Å². The standard InChI is InChI=1S/C5H12O11P2/c6-1-3(7)5(9)4(8)2-15-18(13,14)16-17(10,11)12/h3,5-7,9H,1-2H2,(H,13,14)(H2,10,11,12). The maximum Gasteiger partial charge on any atom is 0.481 e. The highest BCUT2D eigenvalue weighted by molar-refractivity contribution is 7.60. The number of phosphoric ester groups is 1. The average molecular weight is 310 g/mol. The number of aliphatic hydroxyl groups is 3. The Morgan fingerprint density at radius 2 is 1.67 bits per heavy atom. The third kappa shape index (κ3) is 7.29. The summed E-state index contributed by atoms with van der Waals surface area (Å²) in [6, 6.07) is 0. The van der Waals surface area contributed by atoms with E-state index >= 15 is 0 Å². The van der Waals surface area contributed by atoms with E-state index in [1.165, 1.54) is 0 Å². The van der Waals surface area contributed by atoms with Crippen LogP contribution >= 0.6 is 15.6 Å². The summed E-state index contributed by atoms with van der Waals surface area (Å²) in [5, 5.41) is 26.3. The molecule has 0 rings (SSSR count). The second-order valence-corrected chi connectivity index (χ2v) is 5.80. The van der Waals surface area contributed by atoms with Crippen molar-refractivity contribution in [1.29, 1.82) is 0 Å². The second kappa shape index (κ2) is 6.83. The van der Waals surface area contributed by atoms with Crippen molar-refractivity contribution in [1.82, 2.24) is 0 Å². The molecule has 6 N–H and O–H groups in total. The first-order chi connectivity index (χ1) is 7.98. The van der Waals surface area contributed by atoms with Crippen molar-refractivity contribution in [3.63, 3.8) is 0 Å². The topological polar surface area (TPSA) is 191 Å². The van der Waals surface area contributed by atoms with E-state index in [1.807, 2.05) is 0 Å². The summed E-state index contributed by atoms with van der Waals surface area (Å²) < 4.78 is 28.3. The normalized spacial score (nSPS) is 19.0. The number of carbonyl (C=O) groups is 1. The van der Waals surface area contributed by atoms with E-state index in [4.69, 9.17) is 30.0 Å². The fraction of sp³-hybridized carbons (Fsp3) is 0.800. The lowest BCUT2D eigenvalue weighted by Crippen LogP contribution is -2.38. The van der Waals surface area contributed by atoms with Crippen molar-refractivity contribution in [3.05, 3.63) is 0 Å². The highest BCUT2D eigenvalue weighted by atomic mass is 31.3. The zero-order valence-electron chi connectivity index (χ0n) is 8.69. The van der Waals surface area contributed by atoms with Crippen LogP contribution in [0.15, 0.2) is 0 Å². The number of hydrogen-bond donors (Lipinski definition) is 6. The van der Waals surface area contributed by atoms with Crippen LogP contribution in [0.5, 0.6) is 0 Å². The number of Topliss-reactive ketones (excluding diaryl/α,β-unsaturated/α-hetero) is 1. The van der Waals surface area contributed by atoms with Gasteiger partial charge >= 0.3 is 15.6 Å². The number of carbonyl (C=O) groups excluding carboxylic acids is 1. The van der Waals surface area contributed by atoms with E-state index < -0.39 is 46.9 Å². The lowest BCUT2D eigenvalue weighted by atomic mass is 10.1. The Morgan fingerprint density at radius 3 is 2.06 bits per heavy atom. The summed E-state index contributed by atoms with van der Waals surface area (Å²) in [5.41, 5.74) is 0. The third-order valence-electron chi connectivity index (χ3n) is 1.46. The van der Waals surface area contributed by atoms with Crippen LogP contribution in [0.2, 0.25) is 0 Å². The molecule has 13 heteroatoms. The highest BCUT2D eigenvalue weighted by Crippen LogP contribution is 2.57. The average Bonchev–Trinajstić information content (AvgIpc) is 2.20. The highest BCUT2D eigenvalue weighted by Gasteiger charge is 2.34. The van der Waals surface area contributed by atoms with Crippen LogP contribution in [0, 0.1) is 0 Å². The zero-order valence-corrected chi connectivity index (χ0v) is 10.5. The Kier molecular flexibility index (Phi) is 6.75. The van der Waals surface area contributed by atoms with Gasteiger partial charge in [0.25, 0.3) is 0 Å². The molecule has 0 spiro atoms. The van der Waals surface area contributed by atoms with Crippen LogP contribution in [-0.2, 0) is 22.8 Å². The fourth-order valence-electron chi connectivity index (χ4n) is 0.703.